The van der Waals surface area contributed by atoms with E-state index in [2.05, 4.69) is 20.9 Å². The second kappa shape index (κ2) is 10.0. The highest BCUT2D eigenvalue weighted by molar-refractivity contribution is 9.10. The molecule has 1 fully saturated rings. The number of benzene rings is 2. The minimum Gasteiger partial charge on any atom is -0.507 e. The molecule has 0 radical (unpaired) electrons. The summed E-state index contributed by atoms with van der Waals surface area (Å²) in [6.45, 7) is 3.52. The summed E-state index contributed by atoms with van der Waals surface area (Å²) >= 11 is 4.18. The standard InChI is InChI=1S/C27H23BrN2O8S/c1-11-7-14-8-13(5-6-17(14)38-11)21(31)19-20(15-9-16(28)22(32)18(10-15)36-3)30(25(34)23(19)33)27-29-12(2)24(39-27)26(35)37-4/h5-6,8-11,20,31-32H,7H2,1-4H3/b21-19+/t11-,20+/m0/s1. The maximum absolute atomic E-state index is 13.5. The molecule has 1 aromatic heterocycles. The highest BCUT2D eigenvalue weighted by Crippen LogP contribution is 2.47. The van der Waals surface area contributed by atoms with Gasteiger partial charge in [-0.05, 0) is 71.2 Å². The number of carbonyl (C=O) groups excluding carboxylic acids is 3. The first-order valence-electron chi connectivity index (χ1n) is 11.8. The van der Waals surface area contributed by atoms with Crippen LogP contribution in [0.1, 0.15) is 45.0 Å². The van der Waals surface area contributed by atoms with E-state index in [4.69, 9.17) is 14.2 Å². The highest BCUT2D eigenvalue weighted by Gasteiger charge is 2.49. The second-order valence-corrected chi connectivity index (χ2v) is 10.9. The fourth-order valence-corrected chi connectivity index (χ4v) is 6.22. The maximum Gasteiger partial charge on any atom is 0.350 e. The Morgan fingerprint density at radius 1 is 1.23 bits per heavy atom. The van der Waals surface area contributed by atoms with Gasteiger partial charge in [-0.1, -0.05) is 11.3 Å². The van der Waals surface area contributed by atoms with Crippen molar-refractivity contribution in [1.29, 1.82) is 0 Å². The number of nitrogens with zero attached hydrogens (tertiary/aromatic N) is 2. The van der Waals surface area contributed by atoms with Gasteiger partial charge >= 0.3 is 11.9 Å². The van der Waals surface area contributed by atoms with E-state index in [1.807, 2.05) is 6.92 Å². The van der Waals surface area contributed by atoms with Crippen molar-refractivity contribution >= 4 is 55.8 Å². The number of phenolic OH excluding ortho intramolecular Hbond substituents is 1. The minimum atomic E-state index is -1.16. The molecule has 2 atom stereocenters. The van der Waals surface area contributed by atoms with Gasteiger partial charge in [0.15, 0.2) is 16.6 Å². The minimum absolute atomic E-state index is 0.0260. The number of ether oxygens (including phenoxy) is 3. The van der Waals surface area contributed by atoms with Crippen LogP contribution in [0.15, 0.2) is 40.4 Å². The number of halogens is 1. The summed E-state index contributed by atoms with van der Waals surface area (Å²) in [7, 11) is 2.60. The van der Waals surface area contributed by atoms with E-state index in [-0.39, 0.29) is 43.4 Å². The van der Waals surface area contributed by atoms with Crippen LogP contribution < -0.4 is 14.4 Å². The van der Waals surface area contributed by atoms with Crippen LogP contribution >= 0.6 is 27.3 Å². The fourth-order valence-electron chi connectivity index (χ4n) is 4.74. The van der Waals surface area contributed by atoms with Gasteiger partial charge in [-0.2, -0.15) is 0 Å². The summed E-state index contributed by atoms with van der Waals surface area (Å²) in [5, 5.41) is 22.0. The van der Waals surface area contributed by atoms with Crippen molar-refractivity contribution in [1.82, 2.24) is 4.98 Å². The first-order chi connectivity index (χ1) is 18.5. The van der Waals surface area contributed by atoms with Crippen molar-refractivity contribution in [2.45, 2.75) is 32.4 Å². The molecular weight excluding hydrogens is 592 g/mol. The molecule has 12 heteroatoms. The van der Waals surface area contributed by atoms with Crippen molar-refractivity contribution in [3.63, 3.8) is 0 Å². The van der Waals surface area contributed by atoms with Gasteiger partial charge in [0.25, 0.3) is 5.78 Å². The number of amides is 1. The third-order valence-corrected chi connectivity index (χ3v) is 8.30. The maximum atomic E-state index is 13.5. The van der Waals surface area contributed by atoms with E-state index in [1.54, 1.807) is 25.1 Å². The number of Topliss-reactive ketones (excluding diaryl/α,β-unsaturated/α-hetero) is 1. The summed E-state index contributed by atoms with van der Waals surface area (Å²) in [5.41, 5.74) is 1.69. The third kappa shape index (κ3) is 4.43. The molecule has 2 aliphatic heterocycles. The van der Waals surface area contributed by atoms with Gasteiger partial charge in [0, 0.05) is 12.0 Å². The zero-order valence-corrected chi connectivity index (χ0v) is 23.7. The van der Waals surface area contributed by atoms with E-state index in [1.165, 1.54) is 26.4 Å². The number of aryl methyl sites for hydroxylation is 1. The van der Waals surface area contributed by atoms with Crippen molar-refractivity contribution in [2.75, 3.05) is 19.1 Å². The van der Waals surface area contributed by atoms with Gasteiger partial charge in [-0.3, -0.25) is 14.5 Å². The normalized spacial score (nSPS) is 19.7. The quantitative estimate of drug-likeness (QED) is 0.182. The zero-order valence-electron chi connectivity index (χ0n) is 21.3. The molecule has 0 spiro atoms. The number of aliphatic hydroxyl groups excluding tert-OH is 1. The SMILES string of the molecule is COC(=O)c1sc(N2C(=O)C(=O)/C(=C(/O)c3ccc4c(c3)C[C@H](C)O4)[C@H]2c2cc(Br)c(O)c(OC)c2)nc1C. The number of aromatic nitrogens is 1. The van der Waals surface area contributed by atoms with Crippen LogP contribution in [0.4, 0.5) is 5.13 Å². The summed E-state index contributed by atoms with van der Waals surface area (Å²) in [6, 6.07) is 6.90. The monoisotopic (exact) mass is 614 g/mol. The molecule has 202 valence electrons. The molecule has 39 heavy (non-hydrogen) atoms. The summed E-state index contributed by atoms with van der Waals surface area (Å²) in [6.07, 6.45) is 0.604. The van der Waals surface area contributed by atoms with Gasteiger partial charge in [0.1, 0.15) is 22.5 Å². The number of hydrogen-bond donors (Lipinski definition) is 2. The van der Waals surface area contributed by atoms with Crippen molar-refractivity contribution in [3.8, 4) is 17.2 Å². The van der Waals surface area contributed by atoms with E-state index >= 15 is 0 Å². The summed E-state index contributed by atoms with van der Waals surface area (Å²) < 4.78 is 16.1. The Labute approximate surface area is 235 Å². The molecule has 0 aliphatic carbocycles. The average Bonchev–Trinajstić information content (AvgIpc) is 3.56. The van der Waals surface area contributed by atoms with Crippen LogP contribution in [-0.2, 0) is 20.7 Å². The lowest BCUT2D eigenvalue weighted by molar-refractivity contribution is -0.132. The lowest BCUT2D eigenvalue weighted by atomic mass is 9.94. The zero-order chi connectivity index (χ0) is 28.2. The summed E-state index contributed by atoms with van der Waals surface area (Å²) in [4.78, 5) is 45.0. The first-order valence-corrected chi connectivity index (χ1v) is 13.4. The number of esters is 1. The van der Waals surface area contributed by atoms with Crippen molar-refractivity contribution in [2.24, 2.45) is 0 Å². The van der Waals surface area contributed by atoms with Gasteiger partial charge in [-0.25, -0.2) is 9.78 Å². The van der Waals surface area contributed by atoms with Gasteiger partial charge in [0.2, 0.25) is 0 Å². The van der Waals surface area contributed by atoms with E-state index in [0.717, 1.165) is 21.8 Å². The number of hydrogen-bond acceptors (Lipinski definition) is 10. The Morgan fingerprint density at radius 3 is 2.67 bits per heavy atom. The fraction of sp³-hybridized carbons (Fsp3) is 0.259. The van der Waals surface area contributed by atoms with Gasteiger partial charge in [0.05, 0.1) is 36.0 Å². The number of carbonyl (C=O) groups is 3. The molecule has 2 aromatic carbocycles. The molecule has 3 aromatic rings. The largest absolute Gasteiger partial charge is 0.507 e. The van der Waals surface area contributed by atoms with Gasteiger partial charge in [-0.15, -0.1) is 0 Å². The molecule has 0 saturated carbocycles. The van der Waals surface area contributed by atoms with E-state index in [0.29, 0.717) is 29.0 Å². The van der Waals surface area contributed by atoms with Crippen LogP contribution in [0.3, 0.4) is 0 Å². The lowest BCUT2D eigenvalue weighted by Crippen LogP contribution is -2.29. The molecule has 2 N–H and O–H groups in total. The average molecular weight is 615 g/mol. The smallest absolute Gasteiger partial charge is 0.350 e. The second-order valence-electron chi connectivity index (χ2n) is 9.08. The van der Waals surface area contributed by atoms with E-state index < -0.39 is 23.7 Å². The number of methoxy groups -OCH3 is 2. The highest BCUT2D eigenvalue weighted by atomic mass is 79.9. The van der Waals surface area contributed by atoms with E-state index in [9.17, 15) is 24.6 Å². The van der Waals surface area contributed by atoms with Crippen LogP contribution in [0.25, 0.3) is 5.76 Å². The van der Waals surface area contributed by atoms with Crippen LogP contribution in [-0.4, -0.2) is 53.2 Å². The number of anilines is 1. The molecule has 5 rings (SSSR count). The Kier molecular flexibility index (Phi) is 6.85. The Balaban J connectivity index is 1.73. The van der Waals surface area contributed by atoms with Crippen molar-refractivity contribution in [3.05, 3.63) is 67.6 Å². The molecule has 2 aliphatic rings. The lowest BCUT2D eigenvalue weighted by Gasteiger charge is -2.24. The molecule has 1 amide bonds. The molecular formula is C27H23BrN2O8S. The number of fused-ring (bicyclic) bond motifs is 1. The van der Waals surface area contributed by atoms with Crippen LogP contribution in [0.5, 0.6) is 17.2 Å². The Morgan fingerprint density at radius 2 is 1.97 bits per heavy atom. The molecule has 0 bridgehead atoms. The first kappa shape index (κ1) is 26.7. The predicted octanol–water partition coefficient (Wildman–Crippen LogP) is 4.66. The van der Waals surface area contributed by atoms with Crippen molar-refractivity contribution < 1.29 is 38.8 Å². The molecule has 1 saturated heterocycles. The number of aliphatic hydroxyl groups is 1. The Hall–Kier alpha value is -3.90. The Bertz CT molecular complexity index is 1580. The third-order valence-electron chi connectivity index (χ3n) is 6.56. The number of thiazole rings is 1. The molecule has 0 unspecified atom stereocenters. The number of aromatic hydroxyl groups is 1. The van der Waals surface area contributed by atoms with Gasteiger partial charge < -0.3 is 24.4 Å². The topological polar surface area (TPSA) is 135 Å². The van der Waals surface area contributed by atoms with Crippen LogP contribution in [0, 0.1) is 6.92 Å². The predicted molar refractivity (Wildman–Crippen MR) is 146 cm³/mol. The molecule has 3 heterocycles. The molecule has 10 nitrogen and oxygen atoms in total. The number of rotatable bonds is 5. The number of ketones is 1. The number of phenols is 1. The van der Waals surface area contributed by atoms with Crippen LogP contribution in [0.2, 0.25) is 0 Å². The summed E-state index contributed by atoms with van der Waals surface area (Å²) in [5.74, 6) is -2.29.